The second-order valence-electron chi connectivity index (χ2n) is 9.44. The molecule has 160 valence electrons. The molecule has 3 atom stereocenters. The van der Waals surface area contributed by atoms with Gasteiger partial charge in [0.2, 0.25) is 5.91 Å². The van der Waals surface area contributed by atoms with Gasteiger partial charge in [0, 0.05) is 32.6 Å². The van der Waals surface area contributed by atoms with Gasteiger partial charge in [0.1, 0.15) is 0 Å². The molecule has 4 rings (SSSR count). The van der Waals surface area contributed by atoms with Gasteiger partial charge >= 0.3 is 0 Å². The summed E-state index contributed by atoms with van der Waals surface area (Å²) in [6.45, 7) is 10.8. The third-order valence-corrected chi connectivity index (χ3v) is 7.62. The van der Waals surface area contributed by atoms with Crippen LogP contribution in [0.25, 0.3) is 11.1 Å². The largest absolute Gasteiger partial charge is 0.343 e. The van der Waals surface area contributed by atoms with Crippen molar-refractivity contribution in [2.45, 2.75) is 52.0 Å². The third kappa shape index (κ3) is 4.62. The van der Waals surface area contributed by atoms with Gasteiger partial charge in [-0.3, -0.25) is 9.69 Å². The molecule has 1 amide bonds. The second kappa shape index (κ2) is 9.34. The summed E-state index contributed by atoms with van der Waals surface area (Å²) in [6.07, 6.45) is 3.54. The van der Waals surface area contributed by atoms with Crippen molar-refractivity contribution in [2.75, 3.05) is 26.2 Å². The van der Waals surface area contributed by atoms with Gasteiger partial charge in [-0.2, -0.15) is 0 Å². The lowest BCUT2D eigenvalue weighted by atomic mass is 9.75. The van der Waals surface area contributed by atoms with E-state index in [1.807, 2.05) is 4.90 Å². The summed E-state index contributed by atoms with van der Waals surface area (Å²) in [4.78, 5) is 16.3. The zero-order valence-corrected chi connectivity index (χ0v) is 18.8. The van der Waals surface area contributed by atoms with Gasteiger partial charge in [-0.1, -0.05) is 68.4 Å². The summed E-state index contributed by atoms with van der Waals surface area (Å²) in [7, 11) is 0. The van der Waals surface area contributed by atoms with Crippen LogP contribution in [0.3, 0.4) is 0 Å². The van der Waals surface area contributed by atoms with Crippen LogP contribution in [0.2, 0.25) is 0 Å². The van der Waals surface area contributed by atoms with Crippen molar-refractivity contribution in [1.82, 2.24) is 9.80 Å². The highest BCUT2D eigenvalue weighted by Gasteiger charge is 2.34. The fourth-order valence-corrected chi connectivity index (χ4v) is 5.67. The maximum Gasteiger partial charge on any atom is 0.219 e. The zero-order valence-electron chi connectivity index (χ0n) is 18.8. The number of rotatable bonds is 4. The van der Waals surface area contributed by atoms with Crippen LogP contribution in [0.1, 0.15) is 51.5 Å². The lowest BCUT2D eigenvalue weighted by Gasteiger charge is -2.45. The van der Waals surface area contributed by atoms with Crippen LogP contribution in [0.15, 0.2) is 54.6 Å². The minimum atomic E-state index is 0.229. The molecule has 2 aromatic carbocycles. The molecule has 30 heavy (non-hydrogen) atoms. The molecule has 0 bridgehead atoms. The summed E-state index contributed by atoms with van der Waals surface area (Å²) in [5, 5.41) is 0. The summed E-state index contributed by atoms with van der Waals surface area (Å²) < 4.78 is 0. The van der Waals surface area contributed by atoms with E-state index in [-0.39, 0.29) is 5.91 Å². The zero-order chi connectivity index (χ0) is 21.1. The quantitative estimate of drug-likeness (QED) is 0.679. The number of hydrogen-bond acceptors (Lipinski definition) is 2. The number of nitrogens with zero attached hydrogens (tertiary/aromatic N) is 2. The lowest BCUT2D eigenvalue weighted by Crippen LogP contribution is -2.51. The average molecular weight is 405 g/mol. The van der Waals surface area contributed by atoms with Crippen LogP contribution in [-0.2, 0) is 4.79 Å². The van der Waals surface area contributed by atoms with Crippen LogP contribution in [0, 0.1) is 11.8 Å². The molecule has 2 saturated heterocycles. The Morgan fingerprint density at radius 3 is 2.13 bits per heavy atom. The van der Waals surface area contributed by atoms with Gasteiger partial charge in [-0.05, 0) is 60.3 Å². The third-order valence-electron chi connectivity index (χ3n) is 7.62. The minimum Gasteiger partial charge on any atom is -0.343 e. The normalized spacial score (nSPS) is 24.6. The highest BCUT2D eigenvalue weighted by Crippen LogP contribution is 2.37. The van der Waals surface area contributed by atoms with Crippen molar-refractivity contribution in [3.05, 3.63) is 60.2 Å². The number of piperidine rings is 2. The predicted octanol–water partition coefficient (Wildman–Crippen LogP) is 5.43. The Kier molecular flexibility index (Phi) is 6.58. The van der Waals surface area contributed by atoms with E-state index in [1.54, 1.807) is 6.92 Å². The maximum atomic E-state index is 11.6. The molecule has 2 fully saturated rings. The number of amides is 1. The minimum absolute atomic E-state index is 0.229. The van der Waals surface area contributed by atoms with E-state index in [1.165, 1.54) is 36.2 Å². The Labute approximate surface area is 182 Å². The van der Waals surface area contributed by atoms with Crippen molar-refractivity contribution < 1.29 is 4.79 Å². The number of carbonyl (C=O) groups excluding carboxylic acids is 1. The maximum absolute atomic E-state index is 11.6. The van der Waals surface area contributed by atoms with E-state index in [0.717, 1.165) is 31.8 Å². The van der Waals surface area contributed by atoms with E-state index < -0.39 is 0 Å². The number of carbonyl (C=O) groups is 1. The lowest BCUT2D eigenvalue weighted by molar-refractivity contribution is -0.130. The molecular formula is C27H36N2O. The smallest absolute Gasteiger partial charge is 0.219 e. The summed E-state index contributed by atoms with van der Waals surface area (Å²) in [5.74, 6) is 2.26. The van der Waals surface area contributed by atoms with Crippen molar-refractivity contribution in [3.63, 3.8) is 0 Å². The Hall–Kier alpha value is -2.13. The van der Waals surface area contributed by atoms with Crippen molar-refractivity contribution in [1.29, 1.82) is 0 Å². The van der Waals surface area contributed by atoms with Gasteiger partial charge in [0.05, 0.1) is 0 Å². The van der Waals surface area contributed by atoms with Gasteiger partial charge in [0.15, 0.2) is 0 Å². The van der Waals surface area contributed by atoms with Gasteiger partial charge < -0.3 is 4.90 Å². The van der Waals surface area contributed by atoms with Crippen molar-refractivity contribution in [3.8, 4) is 11.1 Å². The van der Waals surface area contributed by atoms with E-state index in [2.05, 4.69) is 73.3 Å². The Bertz CT molecular complexity index is 824. The van der Waals surface area contributed by atoms with Crippen LogP contribution in [-0.4, -0.2) is 47.9 Å². The molecular weight excluding hydrogens is 368 g/mol. The fraction of sp³-hybridized carbons (Fsp3) is 0.519. The monoisotopic (exact) mass is 404 g/mol. The number of benzene rings is 2. The molecule has 0 spiro atoms. The summed E-state index contributed by atoms with van der Waals surface area (Å²) >= 11 is 0. The molecule has 0 saturated carbocycles. The second-order valence-corrected chi connectivity index (χ2v) is 9.44. The standard InChI is InChI=1S/C27H36N2O/c1-20-19-29(26-13-16-28(17-14-26)22(3)30)18-15-27(20)21(2)23-9-11-25(12-10-23)24-7-5-4-6-8-24/h4-12,20-21,26-27H,13-19H2,1-3H3/t20-,21-,27?/m0/s1. The highest BCUT2D eigenvalue weighted by atomic mass is 16.2. The van der Waals surface area contributed by atoms with Gasteiger partial charge in [0.25, 0.3) is 0 Å². The topological polar surface area (TPSA) is 23.6 Å². The molecule has 0 aromatic heterocycles. The Morgan fingerprint density at radius 2 is 1.53 bits per heavy atom. The number of likely N-dealkylation sites (tertiary alicyclic amines) is 2. The molecule has 1 unspecified atom stereocenters. The molecule has 3 heteroatoms. The first-order chi connectivity index (χ1) is 14.5. The SMILES string of the molecule is CC(=O)N1CCC(N2CCC([C@@H](C)c3ccc(-c4ccccc4)cc3)[C@@H](C)C2)CC1. The first-order valence-corrected chi connectivity index (χ1v) is 11.7. The predicted molar refractivity (Wildman–Crippen MR) is 124 cm³/mol. The van der Waals surface area contributed by atoms with E-state index >= 15 is 0 Å². The van der Waals surface area contributed by atoms with Crippen LogP contribution in [0.5, 0.6) is 0 Å². The van der Waals surface area contributed by atoms with E-state index in [9.17, 15) is 4.79 Å². The van der Waals surface area contributed by atoms with E-state index in [4.69, 9.17) is 0 Å². The molecule has 0 radical (unpaired) electrons. The van der Waals surface area contributed by atoms with E-state index in [0.29, 0.717) is 17.9 Å². The van der Waals surface area contributed by atoms with Gasteiger partial charge in [-0.25, -0.2) is 0 Å². The van der Waals surface area contributed by atoms with Gasteiger partial charge in [-0.15, -0.1) is 0 Å². The first kappa shape index (κ1) is 21.1. The average Bonchev–Trinajstić information content (AvgIpc) is 2.79. The van der Waals surface area contributed by atoms with Crippen molar-refractivity contribution >= 4 is 5.91 Å². The first-order valence-electron chi connectivity index (χ1n) is 11.7. The summed E-state index contributed by atoms with van der Waals surface area (Å²) in [6, 6.07) is 20.5. The molecule has 2 heterocycles. The van der Waals surface area contributed by atoms with Crippen LogP contribution in [0.4, 0.5) is 0 Å². The Balaban J connectivity index is 1.35. The molecule has 2 aliphatic heterocycles. The highest BCUT2D eigenvalue weighted by molar-refractivity contribution is 5.73. The molecule has 0 N–H and O–H groups in total. The fourth-order valence-electron chi connectivity index (χ4n) is 5.67. The molecule has 0 aliphatic carbocycles. The van der Waals surface area contributed by atoms with Crippen molar-refractivity contribution in [2.24, 2.45) is 11.8 Å². The van der Waals surface area contributed by atoms with Crippen LogP contribution >= 0.6 is 0 Å². The molecule has 2 aromatic rings. The molecule has 2 aliphatic rings. The molecule has 3 nitrogen and oxygen atoms in total. The van der Waals surface area contributed by atoms with Crippen LogP contribution < -0.4 is 0 Å². The Morgan fingerprint density at radius 1 is 0.900 bits per heavy atom. The summed E-state index contributed by atoms with van der Waals surface area (Å²) in [5.41, 5.74) is 4.05. The number of hydrogen-bond donors (Lipinski definition) is 0.